The second-order valence-electron chi connectivity index (χ2n) is 8.24. The van der Waals surface area contributed by atoms with Crippen LogP contribution in [0.15, 0.2) is 0 Å². The SMILES string of the molecule is C[C@@H]1CCN(c2nc(Cl)nc(NNC(=O)C(CC3CCCC3)CN(O)C=O)c2F)C1. The van der Waals surface area contributed by atoms with Crippen LogP contribution in [0.3, 0.4) is 0 Å². The van der Waals surface area contributed by atoms with Gasteiger partial charge in [0.1, 0.15) is 0 Å². The summed E-state index contributed by atoms with van der Waals surface area (Å²) in [5.41, 5.74) is 4.95. The Morgan fingerprint density at radius 1 is 1.40 bits per heavy atom. The van der Waals surface area contributed by atoms with Crippen LogP contribution in [0.1, 0.15) is 45.4 Å². The fourth-order valence-corrected chi connectivity index (χ4v) is 4.40. The van der Waals surface area contributed by atoms with E-state index in [0.717, 1.165) is 32.1 Å². The van der Waals surface area contributed by atoms with E-state index in [-0.39, 0.29) is 29.9 Å². The molecule has 11 heteroatoms. The van der Waals surface area contributed by atoms with Gasteiger partial charge < -0.3 is 4.90 Å². The van der Waals surface area contributed by atoms with Crippen molar-refractivity contribution in [2.75, 3.05) is 30.0 Å². The largest absolute Gasteiger partial charge is 0.354 e. The number of hydroxylamine groups is 2. The Labute approximate surface area is 179 Å². The number of anilines is 2. The first kappa shape index (κ1) is 22.5. The molecular formula is C19H28ClFN6O3. The molecule has 2 atom stereocenters. The molecule has 1 aliphatic heterocycles. The molecule has 2 amide bonds. The molecule has 2 fully saturated rings. The molecule has 0 radical (unpaired) electrons. The van der Waals surface area contributed by atoms with Gasteiger partial charge in [-0.15, -0.1) is 0 Å². The third-order valence-corrected chi connectivity index (χ3v) is 6.00. The molecule has 3 rings (SSSR count). The lowest BCUT2D eigenvalue weighted by molar-refractivity contribution is -0.154. The van der Waals surface area contributed by atoms with Crippen molar-refractivity contribution in [1.29, 1.82) is 0 Å². The van der Waals surface area contributed by atoms with Crippen molar-refractivity contribution < 1.29 is 19.2 Å². The number of hydrogen-bond acceptors (Lipinski definition) is 7. The van der Waals surface area contributed by atoms with Gasteiger partial charge in [0.25, 0.3) is 0 Å². The Morgan fingerprint density at radius 2 is 2.13 bits per heavy atom. The number of carbonyl (C=O) groups excluding carboxylic acids is 2. The van der Waals surface area contributed by atoms with Crippen LogP contribution in [-0.4, -0.2) is 52.2 Å². The minimum atomic E-state index is -0.696. The maximum Gasteiger partial charge on any atom is 0.243 e. The number of amides is 2. The number of nitrogens with one attached hydrogen (secondary N) is 2. The summed E-state index contributed by atoms with van der Waals surface area (Å²) in [5.74, 6) is -1.16. The molecule has 0 aromatic carbocycles. The molecule has 1 aromatic heterocycles. The van der Waals surface area contributed by atoms with Crippen LogP contribution in [0.5, 0.6) is 0 Å². The van der Waals surface area contributed by atoms with Crippen LogP contribution in [0.2, 0.25) is 5.28 Å². The summed E-state index contributed by atoms with van der Waals surface area (Å²) in [6.45, 7) is 3.27. The van der Waals surface area contributed by atoms with E-state index in [2.05, 4.69) is 27.7 Å². The maximum atomic E-state index is 14.9. The molecule has 30 heavy (non-hydrogen) atoms. The second kappa shape index (κ2) is 10.2. The van der Waals surface area contributed by atoms with E-state index in [1.165, 1.54) is 0 Å². The number of halogens is 2. The second-order valence-corrected chi connectivity index (χ2v) is 8.58. The molecule has 0 bridgehead atoms. The van der Waals surface area contributed by atoms with Crippen molar-refractivity contribution >= 4 is 35.6 Å². The molecular weight excluding hydrogens is 415 g/mol. The lowest BCUT2D eigenvalue weighted by Crippen LogP contribution is -2.41. The van der Waals surface area contributed by atoms with Crippen LogP contribution in [0.25, 0.3) is 0 Å². The summed E-state index contributed by atoms with van der Waals surface area (Å²) in [6, 6.07) is 0. The summed E-state index contributed by atoms with van der Waals surface area (Å²) in [6.07, 6.45) is 5.96. The zero-order valence-corrected chi connectivity index (χ0v) is 17.7. The number of aromatic nitrogens is 2. The molecule has 1 unspecified atom stereocenters. The Hall–Kier alpha value is -2.20. The summed E-state index contributed by atoms with van der Waals surface area (Å²) < 4.78 is 14.9. The highest BCUT2D eigenvalue weighted by molar-refractivity contribution is 6.28. The number of hydrazine groups is 1. The van der Waals surface area contributed by atoms with Gasteiger partial charge in [0.05, 0.1) is 12.5 Å². The fraction of sp³-hybridized carbons (Fsp3) is 0.684. The van der Waals surface area contributed by atoms with Crippen LogP contribution >= 0.6 is 11.6 Å². The highest BCUT2D eigenvalue weighted by atomic mass is 35.5. The standard InChI is InChI=1S/C19H28ClFN6O3/c1-12-6-7-26(9-12)17-15(21)16(22-19(20)23-17)24-25-18(29)14(10-27(30)11-28)8-13-4-2-3-5-13/h11-14,30H,2-10H2,1H3,(H,25,29)(H,22,23,24)/t12-,14?/m1/s1. The molecule has 1 saturated carbocycles. The Kier molecular flexibility index (Phi) is 7.65. The van der Waals surface area contributed by atoms with Crippen LogP contribution in [-0.2, 0) is 9.59 Å². The first-order valence-electron chi connectivity index (χ1n) is 10.3. The van der Waals surface area contributed by atoms with Gasteiger partial charge in [0.15, 0.2) is 11.6 Å². The van der Waals surface area contributed by atoms with Crippen molar-refractivity contribution in [3.63, 3.8) is 0 Å². The highest BCUT2D eigenvalue weighted by Crippen LogP contribution is 2.31. The van der Waals surface area contributed by atoms with Crippen LogP contribution in [0.4, 0.5) is 16.0 Å². The summed E-state index contributed by atoms with van der Waals surface area (Å²) >= 11 is 5.97. The lowest BCUT2D eigenvalue weighted by atomic mass is 9.92. The Bertz CT molecular complexity index is 764. The average Bonchev–Trinajstić information content (AvgIpc) is 3.39. The number of nitrogens with zero attached hydrogens (tertiary/aromatic N) is 4. The molecule has 0 spiro atoms. The number of carbonyl (C=O) groups is 2. The van der Waals surface area contributed by atoms with Gasteiger partial charge >= 0.3 is 0 Å². The minimum absolute atomic E-state index is 0.0982. The topological polar surface area (TPSA) is 111 Å². The molecule has 2 aliphatic rings. The number of hydrogen-bond donors (Lipinski definition) is 3. The van der Waals surface area contributed by atoms with Gasteiger partial charge in [-0.2, -0.15) is 14.4 Å². The smallest absolute Gasteiger partial charge is 0.243 e. The van der Waals surface area contributed by atoms with Crippen molar-refractivity contribution in [3.8, 4) is 0 Å². The average molecular weight is 443 g/mol. The van der Waals surface area contributed by atoms with Gasteiger partial charge in [-0.1, -0.05) is 32.6 Å². The quantitative estimate of drug-likeness (QED) is 0.233. The number of rotatable bonds is 9. The predicted octanol–water partition coefficient (Wildman–Crippen LogP) is 2.60. The summed E-state index contributed by atoms with van der Waals surface area (Å²) in [4.78, 5) is 33.1. The first-order chi connectivity index (χ1) is 14.4. The molecule has 1 aliphatic carbocycles. The first-order valence-corrected chi connectivity index (χ1v) is 10.7. The van der Waals surface area contributed by atoms with Gasteiger partial charge in [0.2, 0.25) is 23.4 Å². The van der Waals surface area contributed by atoms with Crippen molar-refractivity contribution in [1.82, 2.24) is 20.5 Å². The zero-order chi connectivity index (χ0) is 21.7. The lowest BCUT2D eigenvalue weighted by Gasteiger charge is -2.23. The molecule has 1 aromatic rings. The maximum absolute atomic E-state index is 14.9. The molecule has 3 N–H and O–H groups in total. The van der Waals surface area contributed by atoms with E-state index in [1.807, 2.05) is 0 Å². The zero-order valence-electron chi connectivity index (χ0n) is 17.0. The molecule has 1 saturated heterocycles. The summed E-state index contributed by atoms with van der Waals surface area (Å²) in [7, 11) is 0. The van der Waals surface area contributed by atoms with E-state index in [1.54, 1.807) is 4.90 Å². The molecule has 166 valence electrons. The third kappa shape index (κ3) is 5.69. The van der Waals surface area contributed by atoms with Crippen molar-refractivity contribution in [2.45, 2.75) is 45.4 Å². The van der Waals surface area contributed by atoms with Gasteiger partial charge in [-0.3, -0.25) is 25.6 Å². The Morgan fingerprint density at radius 3 is 2.77 bits per heavy atom. The molecule has 9 nitrogen and oxygen atoms in total. The van der Waals surface area contributed by atoms with E-state index in [0.29, 0.717) is 36.4 Å². The Balaban J connectivity index is 1.68. The normalized spacial score (nSPS) is 20.3. The minimum Gasteiger partial charge on any atom is -0.354 e. The highest BCUT2D eigenvalue weighted by Gasteiger charge is 2.28. The van der Waals surface area contributed by atoms with Crippen molar-refractivity contribution in [3.05, 3.63) is 11.1 Å². The van der Waals surface area contributed by atoms with Gasteiger partial charge in [0, 0.05) is 13.1 Å². The predicted molar refractivity (Wildman–Crippen MR) is 109 cm³/mol. The van der Waals surface area contributed by atoms with Gasteiger partial charge in [-0.05, 0) is 36.3 Å². The van der Waals surface area contributed by atoms with Crippen LogP contribution < -0.4 is 15.8 Å². The van der Waals surface area contributed by atoms with Crippen LogP contribution in [0, 0.1) is 23.6 Å². The third-order valence-electron chi connectivity index (χ3n) is 5.83. The van der Waals surface area contributed by atoms with E-state index in [4.69, 9.17) is 11.6 Å². The van der Waals surface area contributed by atoms with Gasteiger partial charge in [-0.25, -0.2) is 5.06 Å². The van der Waals surface area contributed by atoms with E-state index >= 15 is 0 Å². The fourth-order valence-electron chi connectivity index (χ4n) is 4.23. The van der Waals surface area contributed by atoms with E-state index in [9.17, 15) is 19.2 Å². The summed E-state index contributed by atoms with van der Waals surface area (Å²) in [5, 5.41) is 9.88. The monoisotopic (exact) mass is 442 g/mol. The van der Waals surface area contributed by atoms with Crippen molar-refractivity contribution in [2.24, 2.45) is 17.8 Å². The molecule has 2 heterocycles. The van der Waals surface area contributed by atoms with E-state index < -0.39 is 17.6 Å².